The molecule has 2 heterocycles. The van der Waals surface area contributed by atoms with Crippen molar-refractivity contribution in [2.24, 2.45) is 0 Å². The lowest BCUT2D eigenvalue weighted by Gasteiger charge is -2.35. The van der Waals surface area contributed by atoms with Crippen molar-refractivity contribution in [3.05, 3.63) is 35.4 Å². The van der Waals surface area contributed by atoms with Gasteiger partial charge in [0.15, 0.2) is 0 Å². The summed E-state index contributed by atoms with van der Waals surface area (Å²) >= 11 is 0. The molecule has 0 bridgehead atoms. The van der Waals surface area contributed by atoms with Crippen molar-refractivity contribution in [3.63, 3.8) is 0 Å². The molecule has 2 saturated heterocycles. The average Bonchev–Trinajstić information content (AvgIpc) is 2.77. The van der Waals surface area contributed by atoms with Gasteiger partial charge in [0.25, 0.3) is 5.91 Å². The number of ether oxygens (including phenoxy) is 2. The van der Waals surface area contributed by atoms with Crippen LogP contribution in [0.2, 0.25) is 0 Å². The van der Waals surface area contributed by atoms with E-state index in [1.165, 1.54) is 4.31 Å². The van der Waals surface area contributed by atoms with Crippen LogP contribution in [0.4, 0.5) is 4.79 Å². The molecule has 0 aromatic heterocycles. The van der Waals surface area contributed by atoms with Gasteiger partial charge in [0.1, 0.15) is 0 Å². The molecule has 2 atom stereocenters. The molecule has 1 aromatic carbocycles. The van der Waals surface area contributed by atoms with E-state index in [1.807, 2.05) is 13.8 Å². The van der Waals surface area contributed by atoms with Crippen LogP contribution in [-0.2, 0) is 26.0 Å². The maximum atomic E-state index is 12.7. The highest BCUT2D eigenvalue weighted by molar-refractivity contribution is 7.89. The Bertz CT molecular complexity index is 876. The fourth-order valence-electron chi connectivity index (χ4n) is 3.78. The second-order valence-corrected chi connectivity index (χ2v) is 10.2. The van der Waals surface area contributed by atoms with Crippen molar-refractivity contribution in [2.45, 2.75) is 32.6 Å². The molecule has 0 spiro atoms. The van der Waals surface area contributed by atoms with Crippen molar-refractivity contribution in [1.29, 1.82) is 0 Å². The van der Waals surface area contributed by atoms with Crippen molar-refractivity contribution in [2.75, 3.05) is 51.7 Å². The highest BCUT2D eigenvalue weighted by atomic mass is 32.2. The van der Waals surface area contributed by atoms with Crippen molar-refractivity contribution in [3.8, 4) is 0 Å². The molecule has 2 aliphatic rings. The number of urea groups is 1. The molecule has 2 fully saturated rings. The Morgan fingerprint density at radius 3 is 2.28 bits per heavy atom. The summed E-state index contributed by atoms with van der Waals surface area (Å²) in [7, 11) is -3.41. The Labute approximate surface area is 189 Å². The molecular weight excluding hydrogens is 436 g/mol. The van der Waals surface area contributed by atoms with Crippen LogP contribution in [0.15, 0.2) is 24.3 Å². The van der Waals surface area contributed by atoms with Gasteiger partial charge in [-0.1, -0.05) is 12.1 Å². The highest BCUT2D eigenvalue weighted by Crippen LogP contribution is 2.15. The summed E-state index contributed by atoms with van der Waals surface area (Å²) in [6.07, 6.45) is 0.0158. The van der Waals surface area contributed by atoms with Gasteiger partial charge >= 0.3 is 6.03 Å². The molecule has 10 nitrogen and oxygen atoms in total. The number of sulfonamides is 1. The lowest BCUT2D eigenvalue weighted by atomic mass is 10.1. The van der Waals surface area contributed by atoms with Gasteiger partial charge in [0.2, 0.25) is 10.0 Å². The van der Waals surface area contributed by atoms with Crippen LogP contribution in [0.1, 0.15) is 29.8 Å². The van der Waals surface area contributed by atoms with Gasteiger partial charge in [-0.2, -0.15) is 4.31 Å². The Hall–Kier alpha value is -2.21. The first-order valence-electron chi connectivity index (χ1n) is 10.9. The van der Waals surface area contributed by atoms with Gasteiger partial charge in [0, 0.05) is 44.8 Å². The summed E-state index contributed by atoms with van der Waals surface area (Å²) in [5.74, 6) is -0.193. The largest absolute Gasteiger partial charge is 0.379 e. The summed E-state index contributed by atoms with van der Waals surface area (Å²) in [6.45, 7) is 6.79. The zero-order valence-corrected chi connectivity index (χ0v) is 19.4. The summed E-state index contributed by atoms with van der Waals surface area (Å²) in [6, 6.07) is 6.64. The van der Waals surface area contributed by atoms with Gasteiger partial charge < -0.3 is 25.0 Å². The molecule has 2 aliphatic heterocycles. The number of nitrogens with zero attached hydrogens (tertiary/aromatic N) is 2. The minimum atomic E-state index is -3.41. The minimum Gasteiger partial charge on any atom is -0.379 e. The third kappa shape index (κ3) is 6.89. The smallest absolute Gasteiger partial charge is 0.315 e. The molecule has 0 aliphatic carbocycles. The normalized spacial score (nSPS) is 22.4. The Morgan fingerprint density at radius 2 is 1.66 bits per heavy atom. The lowest BCUT2D eigenvalue weighted by Crippen LogP contribution is -2.48. The van der Waals surface area contributed by atoms with Crippen molar-refractivity contribution >= 4 is 22.0 Å². The first kappa shape index (κ1) is 24.4. The zero-order valence-electron chi connectivity index (χ0n) is 18.6. The first-order valence-corrected chi connectivity index (χ1v) is 12.5. The van der Waals surface area contributed by atoms with E-state index in [9.17, 15) is 18.0 Å². The summed E-state index contributed by atoms with van der Waals surface area (Å²) in [4.78, 5) is 26.5. The summed E-state index contributed by atoms with van der Waals surface area (Å²) in [5, 5.41) is 5.27. The SMILES string of the molecule is CC1CN(C(=O)c2ccc(CNC(=O)NCCS(=O)(=O)N3CCOCC3)cc2)CC(C)O1. The minimum absolute atomic E-state index is 0.00791. The summed E-state index contributed by atoms with van der Waals surface area (Å²) in [5.41, 5.74) is 1.43. The van der Waals surface area contributed by atoms with E-state index in [-0.39, 0.29) is 37.0 Å². The molecule has 0 radical (unpaired) electrons. The molecular formula is C21H32N4O6S. The third-order valence-corrected chi connectivity index (χ3v) is 7.24. The van der Waals surface area contributed by atoms with Gasteiger partial charge in [0.05, 0.1) is 31.2 Å². The first-order chi connectivity index (χ1) is 15.2. The van der Waals surface area contributed by atoms with Crippen LogP contribution in [0.3, 0.4) is 0 Å². The van der Waals surface area contributed by atoms with E-state index >= 15 is 0 Å². The van der Waals surface area contributed by atoms with Crippen LogP contribution >= 0.6 is 0 Å². The zero-order chi connectivity index (χ0) is 23.1. The third-order valence-electron chi connectivity index (χ3n) is 5.37. The van der Waals surface area contributed by atoms with E-state index in [1.54, 1.807) is 29.2 Å². The number of rotatable bonds is 7. The molecule has 0 saturated carbocycles. The second kappa shape index (κ2) is 11.1. The van der Waals surface area contributed by atoms with E-state index < -0.39 is 16.1 Å². The number of carbonyl (C=O) groups is 2. The Balaban J connectivity index is 1.41. The monoisotopic (exact) mass is 468 g/mol. The molecule has 3 amide bonds. The van der Waals surface area contributed by atoms with Crippen molar-refractivity contribution < 1.29 is 27.5 Å². The van der Waals surface area contributed by atoms with Crippen LogP contribution in [0, 0.1) is 0 Å². The Kier molecular flexibility index (Phi) is 8.46. The maximum absolute atomic E-state index is 12.7. The van der Waals surface area contributed by atoms with E-state index in [4.69, 9.17) is 9.47 Å². The topological polar surface area (TPSA) is 117 Å². The number of hydrogen-bond acceptors (Lipinski definition) is 6. The second-order valence-electron chi connectivity index (χ2n) is 8.10. The Morgan fingerprint density at radius 1 is 1.03 bits per heavy atom. The lowest BCUT2D eigenvalue weighted by molar-refractivity contribution is -0.0586. The average molecular weight is 469 g/mol. The molecule has 1 aromatic rings. The van der Waals surface area contributed by atoms with Crippen LogP contribution < -0.4 is 10.6 Å². The fourth-order valence-corrected chi connectivity index (χ4v) is 5.11. The predicted octanol–water partition coefficient (Wildman–Crippen LogP) is 0.397. The quantitative estimate of drug-likeness (QED) is 0.598. The van der Waals surface area contributed by atoms with Crippen LogP contribution in [-0.4, -0.2) is 93.5 Å². The predicted molar refractivity (Wildman–Crippen MR) is 119 cm³/mol. The number of benzene rings is 1. The highest BCUT2D eigenvalue weighted by Gasteiger charge is 2.26. The standard InChI is InChI=1S/C21H32N4O6S/c1-16-14-24(15-17(2)31-16)20(26)19-5-3-18(4-6-19)13-23-21(27)22-7-12-32(28,29)25-8-10-30-11-9-25/h3-6,16-17H,7-15H2,1-2H3,(H2,22,23,27). The molecule has 2 unspecified atom stereocenters. The molecule has 3 rings (SSSR count). The molecule has 178 valence electrons. The van der Waals surface area contributed by atoms with Gasteiger partial charge in [-0.3, -0.25) is 4.79 Å². The fraction of sp³-hybridized carbons (Fsp3) is 0.619. The van der Waals surface area contributed by atoms with Crippen LogP contribution in [0.5, 0.6) is 0 Å². The number of carbonyl (C=O) groups excluding carboxylic acids is 2. The van der Waals surface area contributed by atoms with Gasteiger partial charge in [-0.05, 0) is 31.5 Å². The molecule has 32 heavy (non-hydrogen) atoms. The number of morpholine rings is 2. The molecule has 2 N–H and O–H groups in total. The molecule has 11 heteroatoms. The van der Waals surface area contributed by atoms with Crippen LogP contribution in [0.25, 0.3) is 0 Å². The summed E-state index contributed by atoms with van der Waals surface area (Å²) < 4.78 is 36.7. The van der Waals surface area contributed by atoms with Gasteiger partial charge in [-0.25, -0.2) is 13.2 Å². The van der Waals surface area contributed by atoms with Crippen molar-refractivity contribution in [1.82, 2.24) is 19.8 Å². The van der Waals surface area contributed by atoms with Gasteiger partial charge in [-0.15, -0.1) is 0 Å². The number of nitrogens with one attached hydrogen (secondary N) is 2. The van der Waals surface area contributed by atoms with E-state index in [2.05, 4.69) is 10.6 Å². The van der Waals surface area contributed by atoms with E-state index in [0.717, 1.165) is 5.56 Å². The number of hydrogen-bond donors (Lipinski definition) is 2. The van der Waals surface area contributed by atoms with E-state index in [0.29, 0.717) is 45.0 Å². The maximum Gasteiger partial charge on any atom is 0.315 e. The number of amides is 3.